The molecule has 1 aliphatic carbocycles. The first-order chi connectivity index (χ1) is 21.3. The molecule has 2 aliphatic heterocycles. The molecule has 6 rings (SSSR count). The van der Waals surface area contributed by atoms with E-state index in [0.717, 1.165) is 45.3 Å². The summed E-state index contributed by atoms with van der Waals surface area (Å²) in [6, 6.07) is 8.88. The maximum Gasteiger partial charge on any atom is 0.306 e. The minimum atomic E-state index is -0.743. The highest BCUT2D eigenvalue weighted by Crippen LogP contribution is 2.32. The number of nitrogens with one attached hydrogen (secondary N) is 1. The van der Waals surface area contributed by atoms with Gasteiger partial charge in [-0.15, -0.1) is 0 Å². The largest absolute Gasteiger partial charge is 0.481 e. The Balaban J connectivity index is 1.15. The van der Waals surface area contributed by atoms with Crippen LogP contribution in [0.25, 0.3) is 11.1 Å². The second-order valence-electron chi connectivity index (χ2n) is 12.4. The van der Waals surface area contributed by atoms with Gasteiger partial charge in [-0.1, -0.05) is 12.5 Å². The van der Waals surface area contributed by atoms with Gasteiger partial charge in [-0.3, -0.25) is 9.59 Å². The molecule has 3 fully saturated rings. The number of benzene rings is 2. The van der Waals surface area contributed by atoms with Crippen molar-refractivity contribution in [1.82, 2.24) is 14.8 Å². The van der Waals surface area contributed by atoms with Crippen LogP contribution in [0.15, 0.2) is 40.8 Å². The van der Waals surface area contributed by atoms with Crippen LogP contribution >= 0.6 is 0 Å². The smallest absolute Gasteiger partial charge is 0.306 e. The number of carbonyl (C=O) groups excluding carboxylic acids is 1. The van der Waals surface area contributed by atoms with Crippen LogP contribution in [0, 0.1) is 17.6 Å². The van der Waals surface area contributed by atoms with Crippen molar-refractivity contribution in [3.63, 3.8) is 0 Å². The van der Waals surface area contributed by atoms with E-state index in [0.29, 0.717) is 43.5 Å². The van der Waals surface area contributed by atoms with E-state index in [4.69, 9.17) is 9.15 Å². The summed E-state index contributed by atoms with van der Waals surface area (Å²) in [5.41, 5.74) is 1.06. The maximum atomic E-state index is 15.7. The van der Waals surface area contributed by atoms with Gasteiger partial charge in [-0.25, -0.2) is 8.78 Å². The highest BCUT2D eigenvalue weighted by atomic mass is 19.1. The summed E-state index contributed by atoms with van der Waals surface area (Å²) in [5, 5.41) is 12.2. The molecule has 3 heterocycles. The molecule has 1 saturated carbocycles. The molecular formula is C33H40F2N4O5. The summed E-state index contributed by atoms with van der Waals surface area (Å²) in [5.74, 6) is -2.19. The molecule has 3 aliphatic rings. The zero-order chi connectivity index (χ0) is 30.6. The Hall–Kier alpha value is -3.57. The number of halogens is 2. The summed E-state index contributed by atoms with van der Waals surface area (Å²) >= 11 is 0. The number of hydrogen-bond acceptors (Lipinski definition) is 7. The number of fused-ring (bicyclic) bond motifs is 1. The van der Waals surface area contributed by atoms with Crippen molar-refractivity contribution >= 4 is 34.7 Å². The van der Waals surface area contributed by atoms with Crippen molar-refractivity contribution < 1.29 is 32.6 Å². The average molecular weight is 611 g/mol. The van der Waals surface area contributed by atoms with Gasteiger partial charge in [0.15, 0.2) is 11.4 Å². The van der Waals surface area contributed by atoms with Crippen molar-refractivity contribution in [3.05, 3.63) is 53.6 Å². The molecule has 0 radical (unpaired) electrons. The fraction of sp³-hybridized carbons (Fsp3) is 0.545. The van der Waals surface area contributed by atoms with E-state index >= 15 is 4.39 Å². The number of hydrogen-bond donors (Lipinski definition) is 2. The van der Waals surface area contributed by atoms with Crippen LogP contribution in [0.1, 0.15) is 63.4 Å². The molecule has 2 N–H and O–H groups in total. The zero-order valence-electron chi connectivity index (χ0n) is 24.9. The molecule has 3 aromatic rings. The Morgan fingerprint density at radius 2 is 1.68 bits per heavy atom. The minimum absolute atomic E-state index is 0.00674. The van der Waals surface area contributed by atoms with Gasteiger partial charge in [0, 0.05) is 23.8 Å². The molecule has 1 amide bonds. The normalized spacial score (nSPS) is 24.5. The summed E-state index contributed by atoms with van der Waals surface area (Å²) < 4.78 is 40.9. The quantitative estimate of drug-likeness (QED) is 0.292. The van der Waals surface area contributed by atoms with E-state index < -0.39 is 11.8 Å². The van der Waals surface area contributed by atoms with Gasteiger partial charge < -0.3 is 29.4 Å². The standard InChI is InChI=1S/C33H40F2N4O5/c34-23-7-9-24(10-8-23)36-33-37-28-15-6-22(30(35)31(28)44-33)18-29(40)39-25(19-38-16-2-1-3-17-38)11-12-26(39)20-43-27-13-4-21(5-14-27)32(41)42/h6-10,15,21,25-27H,1-5,11-14,16-20H2,(H,36,37)(H,41,42)/t21?,25-,26-,27?/m0/s1. The highest BCUT2D eigenvalue weighted by molar-refractivity contribution is 5.83. The molecule has 9 nitrogen and oxygen atoms in total. The van der Waals surface area contributed by atoms with Gasteiger partial charge in [-0.05, 0) is 94.8 Å². The summed E-state index contributed by atoms with van der Waals surface area (Å²) in [7, 11) is 0. The monoisotopic (exact) mass is 610 g/mol. The molecule has 2 aromatic carbocycles. The lowest BCUT2D eigenvalue weighted by Gasteiger charge is -2.36. The number of anilines is 2. The van der Waals surface area contributed by atoms with Crippen LogP contribution in [0.2, 0.25) is 0 Å². The SMILES string of the molecule is O=C(O)C1CCC(OC[C@@H]2CC[C@@H](CN3CCCCC3)N2C(=O)Cc2ccc3nc(Nc4ccc(F)cc4)oc3c2F)CC1. The Labute approximate surface area is 255 Å². The number of amides is 1. The molecule has 44 heavy (non-hydrogen) atoms. The Morgan fingerprint density at radius 1 is 0.955 bits per heavy atom. The lowest BCUT2D eigenvalue weighted by atomic mass is 9.87. The number of likely N-dealkylation sites (tertiary alicyclic amines) is 2. The number of ether oxygens (including phenoxy) is 1. The number of carboxylic acids is 1. The third-order valence-electron chi connectivity index (χ3n) is 9.39. The van der Waals surface area contributed by atoms with Crippen molar-refractivity contribution in [2.24, 2.45) is 5.92 Å². The first-order valence-electron chi connectivity index (χ1n) is 15.8. The number of oxazole rings is 1. The van der Waals surface area contributed by atoms with E-state index in [2.05, 4.69) is 15.2 Å². The molecule has 1 aromatic heterocycles. The molecule has 0 unspecified atom stereocenters. The topological polar surface area (TPSA) is 108 Å². The first-order valence-corrected chi connectivity index (χ1v) is 15.8. The number of aromatic nitrogens is 1. The molecular weight excluding hydrogens is 570 g/mol. The lowest BCUT2D eigenvalue weighted by molar-refractivity contribution is -0.144. The fourth-order valence-corrected chi connectivity index (χ4v) is 6.98. The van der Waals surface area contributed by atoms with Crippen LogP contribution in [0.4, 0.5) is 20.5 Å². The fourth-order valence-electron chi connectivity index (χ4n) is 6.98. The number of nitrogens with zero attached hydrogens (tertiary/aromatic N) is 3. The van der Waals surface area contributed by atoms with E-state index in [9.17, 15) is 19.1 Å². The second-order valence-corrected chi connectivity index (χ2v) is 12.4. The maximum absolute atomic E-state index is 15.7. The molecule has 236 valence electrons. The van der Waals surface area contributed by atoms with Gasteiger partial charge in [0.05, 0.1) is 31.1 Å². The molecule has 0 spiro atoms. The molecule has 0 bridgehead atoms. The van der Waals surface area contributed by atoms with Crippen molar-refractivity contribution in [2.75, 3.05) is 31.6 Å². The van der Waals surface area contributed by atoms with Crippen LogP contribution in [-0.4, -0.2) is 76.2 Å². The van der Waals surface area contributed by atoms with Crippen molar-refractivity contribution in [1.29, 1.82) is 0 Å². The number of piperidine rings is 1. The Kier molecular flexibility index (Phi) is 9.42. The van der Waals surface area contributed by atoms with Crippen molar-refractivity contribution in [2.45, 2.75) is 82.4 Å². The van der Waals surface area contributed by atoms with Gasteiger partial charge in [0.2, 0.25) is 5.91 Å². The van der Waals surface area contributed by atoms with E-state index in [1.165, 1.54) is 30.7 Å². The van der Waals surface area contributed by atoms with E-state index in [1.807, 2.05) is 4.90 Å². The Bertz CT molecular complexity index is 1450. The molecule has 2 saturated heterocycles. The number of carbonyl (C=O) groups is 2. The van der Waals surface area contributed by atoms with E-state index in [1.54, 1.807) is 12.1 Å². The van der Waals surface area contributed by atoms with Crippen LogP contribution in [0.5, 0.6) is 0 Å². The predicted octanol–water partition coefficient (Wildman–Crippen LogP) is 5.90. The lowest BCUT2D eigenvalue weighted by Crippen LogP contribution is -2.49. The van der Waals surface area contributed by atoms with Crippen molar-refractivity contribution in [3.8, 4) is 0 Å². The van der Waals surface area contributed by atoms with Crippen LogP contribution in [0.3, 0.4) is 0 Å². The first kappa shape index (κ1) is 30.5. The number of carboxylic acid groups (broad SMARTS) is 1. The van der Waals surface area contributed by atoms with Gasteiger partial charge in [0.25, 0.3) is 6.01 Å². The van der Waals surface area contributed by atoms with Gasteiger partial charge in [0.1, 0.15) is 11.3 Å². The minimum Gasteiger partial charge on any atom is -0.481 e. The number of rotatable bonds is 10. The molecule has 11 heteroatoms. The van der Waals surface area contributed by atoms with E-state index in [-0.39, 0.29) is 59.4 Å². The number of aliphatic carboxylic acids is 1. The second kappa shape index (κ2) is 13.6. The summed E-state index contributed by atoms with van der Waals surface area (Å²) in [4.78, 5) is 33.9. The highest BCUT2D eigenvalue weighted by Gasteiger charge is 2.39. The average Bonchev–Trinajstić information content (AvgIpc) is 3.63. The summed E-state index contributed by atoms with van der Waals surface area (Å²) in [6.07, 6.45) is 7.73. The third-order valence-corrected chi connectivity index (χ3v) is 9.39. The van der Waals surface area contributed by atoms with Crippen LogP contribution in [-0.2, 0) is 20.7 Å². The van der Waals surface area contributed by atoms with Gasteiger partial charge >= 0.3 is 5.97 Å². The molecule has 2 atom stereocenters. The zero-order valence-corrected chi connectivity index (χ0v) is 24.9. The third kappa shape index (κ3) is 7.04. The summed E-state index contributed by atoms with van der Waals surface area (Å²) in [6.45, 7) is 3.25. The van der Waals surface area contributed by atoms with Crippen LogP contribution < -0.4 is 5.32 Å². The predicted molar refractivity (Wildman–Crippen MR) is 161 cm³/mol. The Morgan fingerprint density at radius 3 is 2.41 bits per heavy atom. The van der Waals surface area contributed by atoms with Gasteiger partial charge in [-0.2, -0.15) is 4.98 Å².